The molecule has 0 aromatic carbocycles. The predicted molar refractivity (Wildman–Crippen MR) is 61.2 cm³/mol. The minimum Gasteiger partial charge on any atom is -0.382 e. The first-order valence-electron chi connectivity index (χ1n) is 5.58. The molecule has 0 spiro atoms. The third-order valence-electron chi connectivity index (χ3n) is 1.98. The molecule has 0 aromatic rings. The SMILES string of the molecule is CCCNCC(COC)OC(C)COC. The number of hydrogen-bond acceptors (Lipinski definition) is 4. The molecule has 0 saturated carbocycles. The van der Waals surface area contributed by atoms with E-state index in [-0.39, 0.29) is 12.2 Å². The quantitative estimate of drug-likeness (QED) is 0.558. The second-order valence-corrected chi connectivity index (χ2v) is 3.68. The van der Waals surface area contributed by atoms with Gasteiger partial charge < -0.3 is 19.5 Å². The van der Waals surface area contributed by atoms with Crippen LogP contribution in [0.3, 0.4) is 0 Å². The Morgan fingerprint density at radius 3 is 2.33 bits per heavy atom. The first-order valence-corrected chi connectivity index (χ1v) is 5.58. The lowest BCUT2D eigenvalue weighted by atomic mass is 10.3. The fourth-order valence-electron chi connectivity index (χ4n) is 1.37. The predicted octanol–water partition coefficient (Wildman–Crippen LogP) is 1.05. The molecule has 0 aliphatic heterocycles. The number of ether oxygens (including phenoxy) is 3. The van der Waals surface area contributed by atoms with Crippen LogP contribution in [0.2, 0.25) is 0 Å². The van der Waals surface area contributed by atoms with E-state index in [4.69, 9.17) is 14.2 Å². The van der Waals surface area contributed by atoms with Crippen molar-refractivity contribution in [3.8, 4) is 0 Å². The largest absolute Gasteiger partial charge is 0.382 e. The molecule has 15 heavy (non-hydrogen) atoms. The van der Waals surface area contributed by atoms with Crippen molar-refractivity contribution in [3.05, 3.63) is 0 Å². The van der Waals surface area contributed by atoms with Gasteiger partial charge >= 0.3 is 0 Å². The molecule has 0 bridgehead atoms. The van der Waals surface area contributed by atoms with Gasteiger partial charge in [-0.05, 0) is 19.9 Å². The van der Waals surface area contributed by atoms with Gasteiger partial charge in [0.05, 0.1) is 25.4 Å². The highest BCUT2D eigenvalue weighted by molar-refractivity contribution is 4.63. The number of hydrogen-bond donors (Lipinski definition) is 1. The Balaban J connectivity index is 3.70. The van der Waals surface area contributed by atoms with Gasteiger partial charge in [-0.15, -0.1) is 0 Å². The average Bonchev–Trinajstić information content (AvgIpc) is 2.18. The van der Waals surface area contributed by atoms with Crippen molar-refractivity contribution in [1.82, 2.24) is 5.32 Å². The summed E-state index contributed by atoms with van der Waals surface area (Å²) in [6.45, 7) is 7.23. The zero-order valence-corrected chi connectivity index (χ0v) is 10.4. The van der Waals surface area contributed by atoms with Crippen LogP contribution in [0.5, 0.6) is 0 Å². The molecular weight excluding hydrogens is 194 g/mol. The van der Waals surface area contributed by atoms with Crippen LogP contribution in [-0.2, 0) is 14.2 Å². The Morgan fingerprint density at radius 1 is 1.13 bits per heavy atom. The van der Waals surface area contributed by atoms with Gasteiger partial charge in [0.15, 0.2) is 0 Å². The molecule has 0 fully saturated rings. The van der Waals surface area contributed by atoms with Crippen molar-refractivity contribution in [3.63, 3.8) is 0 Å². The fourth-order valence-corrected chi connectivity index (χ4v) is 1.37. The molecule has 0 aliphatic rings. The van der Waals surface area contributed by atoms with E-state index in [1.54, 1.807) is 14.2 Å². The maximum atomic E-state index is 5.77. The summed E-state index contributed by atoms with van der Waals surface area (Å²) in [6, 6.07) is 0. The van der Waals surface area contributed by atoms with Crippen molar-refractivity contribution in [2.75, 3.05) is 40.5 Å². The van der Waals surface area contributed by atoms with Crippen LogP contribution < -0.4 is 5.32 Å². The highest BCUT2D eigenvalue weighted by atomic mass is 16.6. The van der Waals surface area contributed by atoms with Gasteiger partial charge in [0.2, 0.25) is 0 Å². The Morgan fingerprint density at radius 2 is 1.80 bits per heavy atom. The lowest BCUT2D eigenvalue weighted by Gasteiger charge is -2.21. The van der Waals surface area contributed by atoms with Crippen LogP contribution in [0.25, 0.3) is 0 Å². The summed E-state index contributed by atoms with van der Waals surface area (Å²) in [6.07, 6.45) is 1.35. The smallest absolute Gasteiger partial charge is 0.0937 e. The third kappa shape index (κ3) is 8.81. The highest BCUT2D eigenvalue weighted by Gasteiger charge is 2.12. The fraction of sp³-hybridized carbons (Fsp3) is 1.00. The van der Waals surface area contributed by atoms with E-state index in [2.05, 4.69) is 12.2 Å². The summed E-state index contributed by atoms with van der Waals surface area (Å²) >= 11 is 0. The topological polar surface area (TPSA) is 39.7 Å². The summed E-state index contributed by atoms with van der Waals surface area (Å²) < 4.78 is 15.9. The number of methoxy groups -OCH3 is 2. The molecule has 0 rings (SSSR count). The Labute approximate surface area is 93.3 Å². The van der Waals surface area contributed by atoms with Gasteiger partial charge in [0.1, 0.15) is 0 Å². The maximum Gasteiger partial charge on any atom is 0.0937 e. The third-order valence-corrected chi connectivity index (χ3v) is 1.98. The summed E-state index contributed by atoms with van der Waals surface area (Å²) in [7, 11) is 3.37. The maximum absolute atomic E-state index is 5.77. The zero-order valence-electron chi connectivity index (χ0n) is 10.4. The minimum atomic E-state index is 0.103. The number of rotatable bonds is 10. The summed E-state index contributed by atoms with van der Waals surface area (Å²) in [4.78, 5) is 0. The summed E-state index contributed by atoms with van der Waals surface area (Å²) in [5.41, 5.74) is 0. The molecule has 0 heterocycles. The van der Waals surface area contributed by atoms with Crippen molar-refractivity contribution in [1.29, 1.82) is 0 Å². The van der Waals surface area contributed by atoms with Crippen molar-refractivity contribution in [2.24, 2.45) is 0 Å². The second kappa shape index (κ2) is 10.4. The summed E-state index contributed by atoms with van der Waals surface area (Å²) in [5, 5.41) is 3.32. The van der Waals surface area contributed by atoms with E-state index in [9.17, 15) is 0 Å². The van der Waals surface area contributed by atoms with E-state index in [1.807, 2.05) is 6.92 Å². The van der Waals surface area contributed by atoms with Gasteiger partial charge in [-0.25, -0.2) is 0 Å². The molecule has 2 atom stereocenters. The normalized spacial score (nSPS) is 15.2. The monoisotopic (exact) mass is 219 g/mol. The molecule has 1 N–H and O–H groups in total. The molecule has 0 saturated heterocycles. The van der Waals surface area contributed by atoms with E-state index in [0.717, 1.165) is 19.5 Å². The molecule has 2 unspecified atom stereocenters. The Kier molecular flexibility index (Phi) is 10.3. The highest BCUT2D eigenvalue weighted by Crippen LogP contribution is 1.99. The van der Waals surface area contributed by atoms with Crippen molar-refractivity contribution in [2.45, 2.75) is 32.5 Å². The van der Waals surface area contributed by atoms with Gasteiger partial charge in [-0.2, -0.15) is 0 Å². The zero-order chi connectivity index (χ0) is 11.5. The van der Waals surface area contributed by atoms with Crippen LogP contribution in [0, 0.1) is 0 Å². The standard InChI is InChI=1S/C11H25NO3/c1-5-6-12-7-11(9-14-4)15-10(2)8-13-3/h10-12H,5-9H2,1-4H3. The molecule has 0 aliphatic carbocycles. The molecule has 0 aromatic heterocycles. The van der Waals surface area contributed by atoms with Crippen LogP contribution in [0.4, 0.5) is 0 Å². The Bertz CT molecular complexity index is 133. The van der Waals surface area contributed by atoms with Crippen molar-refractivity contribution >= 4 is 0 Å². The van der Waals surface area contributed by atoms with Gasteiger partial charge in [-0.1, -0.05) is 6.92 Å². The van der Waals surface area contributed by atoms with Crippen LogP contribution in [0.15, 0.2) is 0 Å². The van der Waals surface area contributed by atoms with E-state index >= 15 is 0 Å². The van der Waals surface area contributed by atoms with Crippen LogP contribution in [0.1, 0.15) is 20.3 Å². The molecule has 4 nitrogen and oxygen atoms in total. The van der Waals surface area contributed by atoms with Gasteiger partial charge in [-0.3, -0.25) is 0 Å². The van der Waals surface area contributed by atoms with Crippen molar-refractivity contribution < 1.29 is 14.2 Å². The van der Waals surface area contributed by atoms with Crippen LogP contribution in [-0.4, -0.2) is 52.7 Å². The molecule has 0 amide bonds. The molecule has 92 valence electrons. The second-order valence-electron chi connectivity index (χ2n) is 3.68. The number of nitrogens with one attached hydrogen (secondary N) is 1. The summed E-state index contributed by atoms with van der Waals surface area (Å²) in [5.74, 6) is 0. The first kappa shape index (κ1) is 14.8. The Hall–Kier alpha value is -0.160. The van der Waals surface area contributed by atoms with Crippen LogP contribution >= 0.6 is 0 Å². The minimum absolute atomic E-state index is 0.103. The molecular formula is C11H25NO3. The van der Waals surface area contributed by atoms with Gasteiger partial charge in [0, 0.05) is 20.8 Å². The van der Waals surface area contributed by atoms with E-state index < -0.39 is 0 Å². The lowest BCUT2D eigenvalue weighted by molar-refractivity contribution is -0.0640. The average molecular weight is 219 g/mol. The van der Waals surface area contributed by atoms with Gasteiger partial charge in [0.25, 0.3) is 0 Å². The molecule has 4 heteroatoms. The van der Waals surface area contributed by atoms with E-state index in [0.29, 0.717) is 13.2 Å². The van der Waals surface area contributed by atoms with E-state index in [1.165, 1.54) is 0 Å². The first-order chi connectivity index (χ1) is 7.24. The molecule has 0 radical (unpaired) electrons. The lowest BCUT2D eigenvalue weighted by Crippen LogP contribution is -2.36.